The number of nitrogens with zero attached hydrogens (tertiary/aromatic N) is 3. The molecular weight excluding hydrogens is 236 g/mol. The molecule has 0 aliphatic carbocycles. The Balaban J connectivity index is 1.90. The summed E-state index contributed by atoms with van der Waals surface area (Å²) in [6.45, 7) is 11.3. The second kappa shape index (κ2) is 7.06. The van der Waals surface area contributed by atoms with Gasteiger partial charge >= 0.3 is 0 Å². The molecule has 1 saturated heterocycles. The van der Waals surface area contributed by atoms with Crippen LogP contribution in [0.4, 0.5) is 0 Å². The van der Waals surface area contributed by atoms with Crippen LogP contribution in [-0.2, 0) is 6.54 Å². The van der Waals surface area contributed by atoms with Gasteiger partial charge in [-0.15, -0.1) is 0 Å². The van der Waals surface area contributed by atoms with E-state index >= 15 is 0 Å². The molecule has 0 spiro atoms. The summed E-state index contributed by atoms with van der Waals surface area (Å²) >= 11 is 0. The second-order valence-electron chi connectivity index (χ2n) is 5.73. The fraction of sp³-hybridized carbons (Fsp3) is 0.800. The molecule has 2 rings (SSSR count). The number of aromatic nitrogens is 2. The summed E-state index contributed by atoms with van der Waals surface area (Å²) in [4.78, 5) is 2.65. The summed E-state index contributed by atoms with van der Waals surface area (Å²) in [6, 6.07) is 3.32. The van der Waals surface area contributed by atoms with E-state index < -0.39 is 0 Å². The zero-order chi connectivity index (χ0) is 13.7. The molecule has 3 atom stereocenters. The van der Waals surface area contributed by atoms with Crippen molar-refractivity contribution in [3.8, 4) is 0 Å². The van der Waals surface area contributed by atoms with Gasteiger partial charge in [-0.2, -0.15) is 5.10 Å². The van der Waals surface area contributed by atoms with Gasteiger partial charge in [0.1, 0.15) is 0 Å². The van der Waals surface area contributed by atoms with Crippen LogP contribution in [-0.4, -0.2) is 46.4 Å². The van der Waals surface area contributed by atoms with Crippen LogP contribution in [0, 0.1) is 5.92 Å². The van der Waals surface area contributed by atoms with Crippen LogP contribution in [0.5, 0.6) is 0 Å². The monoisotopic (exact) mass is 264 g/mol. The van der Waals surface area contributed by atoms with E-state index in [0.29, 0.717) is 12.1 Å². The molecular formula is C15H28N4. The van der Waals surface area contributed by atoms with E-state index in [2.05, 4.69) is 42.3 Å². The molecule has 0 aromatic carbocycles. The van der Waals surface area contributed by atoms with Crippen molar-refractivity contribution in [2.75, 3.05) is 19.6 Å². The lowest BCUT2D eigenvalue weighted by atomic mass is 9.95. The standard InChI is InChI=1S/C15H28N4/c1-4-13(3)15-12-18(14(5-2)11-16-15)9-10-19-8-6-7-17-19/h6-8,13-16H,4-5,9-12H2,1-3H3. The van der Waals surface area contributed by atoms with Gasteiger partial charge in [0.15, 0.2) is 0 Å². The van der Waals surface area contributed by atoms with Gasteiger partial charge < -0.3 is 5.32 Å². The lowest BCUT2D eigenvalue weighted by molar-refractivity contribution is 0.101. The van der Waals surface area contributed by atoms with Crippen LogP contribution in [0.1, 0.15) is 33.6 Å². The molecule has 2 heterocycles. The Kier molecular flexibility index (Phi) is 5.40. The molecule has 4 heteroatoms. The highest BCUT2D eigenvalue weighted by molar-refractivity contribution is 4.88. The predicted octanol–water partition coefficient (Wildman–Crippen LogP) is 1.98. The zero-order valence-electron chi connectivity index (χ0n) is 12.5. The highest BCUT2D eigenvalue weighted by Gasteiger charge is 2.28. The first kappa shape index (κ1) is 14.5. The fourth-order valence-corrected chi connectivity index (χ4v) is 2.89. The van der Waals surface area contributed by atoms with Crippen molar-refractivity contribution in [1.82, 2.24) is 20.0 Å². The Labute approximate surface area is 117 Å². The highest BCUT2D eigenvalue weighted by Crippen LogP contribution is 2.17. The Bertz CT molecular complexity index is 349. The Morgan fingerprint density at radius 1 is 1.37 bits per heavy atom. The molecule has 1 N–H and O–H groups in total. The number of rotatable bonds is 6. The van der Waals surface area contributed by atoms with Crippen molar-refractivity contribution >= 4 is 0 Å². The SMILES string of the molecule is CCC(C)C1CN(CCn2cccn2)C(CC)CN1. The Hall–Kier alpha value is -0.870. The first-order chi connectivity index (χ1) is 9.24. The average molecular weight is 264 g/mol. The van der Waals surface area contributed by atoms with E-state index in [-0.39, 0.29) is 0 Å². The van der Waals surface area contributed by atoms with Gasteiger partial charge in [0.05, 0.1) is 6.54 Å². The summed E-state index contributed by atoms with van der Waals surface area (Å²) in [6.07, 6.45) is 6.38. The third-order valence-electron chi connectivity index (χ3n) is 4.54. The lowest BCUT2D eigenvalue weighted by Gasteiger charge is -2.42. The van der Waals surface area contributed by atoms with Crippen LogP contribution < -0.4 is 5.32 Å². The summed E-state index contributed by atoms with van der Waals surface area (Å²) in [5.41, 5.74) is 0. The quantitative estimate of drug-likeness (QED) is 0.853. The molecule has 4 nitrogen and oxygen atoms in total. The molecule has 0 radical (unpaired) electrons. The molecule has 0 bridgehead atoms. The maximum Gasteiger partial charge on any atom is 0.0536 e. The normalized spacial score (nSPS) is 26.5. The largest absolute Gasteiger partial charge is 0.311 e. The molecule has 1 fully saturated rings. The van der Waals surface area contributed by atoms with Crippen molar-refractivity contribution < 1.29 is 0 Å². The number of nitrogens with one attached hydrogen (secondary N) is 1. The first-order valence-electron chi connectivity index (χ1n) is 7.69. The molecule has 1 aliphatic rings. The minimum atomic E-state index is 0.644. The van der Waals surface area contributed by atoms with Crippen LogP contribution in [0.15, 0.2) is 18.5 Å². The molecule has 1 aliphatic heterocycles. The minimum absolute atomic E-state index is 0.644. The van der Waals surface area contributed by atoms with Crippen molar-refractivity contribution in [1.29, 1.82) is 0 Å². The van der Waals surface area contributed by atoms with E-state index in [1.54, 1.807) is 0 Å². The van der Waals surface area contributed by atoms with Gasteiger partial charge in [0.25, 0.3) is 0 Å². The summed E-state index contributed by atoms with van der Waals surface area (Å²) in [7, 11) is 0. The van der Waals surface area contributed by atoms with Gasteiger partial charge in [0.2, 0.25) is 0 Å². The van der Waals surface area contributed by atoms with E-state index in [9.17, 15) is 0 Å². The molecule has 3 unspecified atom stereocenters. The number of hydrogen-bond acceptors (Lipinski definition) is 3. The van der Waals surface area contributed by atoms with Gasteiger partial charge in [-0.05, 0) is 18.4 Å². The third kappa shape index (κ3) is 3.80. The summed E-state index contributed by atoms with van der Waals surface area (Å²) in [5.74, 6) is 0.755. The lowest BCUT2D eigenvalue weighted by Crippen LogP contribution is -2.58. The van der Waals surface area contributed by atoms with Gasteiger partial charge in [0, 0.05) is 44.1 Å². The Morgan fingerprint density at radius 3 is 2.84 bits per heavy atom. The van der Waals surface area contributed by atoms with Crippen LogP contribution >= 0.6 is 0 Å². The summed E-state index contributed by atoms with van der Waals surface area (Å²) in [5, 5.41) is 8.03. The van der Waals surface area contributed by atoms with Gasteiger partial charge in [-0.1, -0.05) is 27.2 Å². The summed E-state index contributed by atoms with van der Waals surface area (Å²) < 4.78 is 2.03. The molecule has 19 heavy (non-hydrogen) atoms. The number of hydrogen-bond donors (Lipinski definition) is 1. The topological polar surface area (TPSA) is 33.1 Å². The molecule has 1 aromatic heterocycles. The predicted molar refractivity (Wildman–Crippen MR) is 79.1 cm³/mol. The van der Waals surface area contributed by atoms with Crippen LogP contribution in [0.2, 0.25) is 0 Å². The fourth-order valence-electron chi connectivity index (χ4n) is 2.89. The maximum atomic E-state index is 4.30. The van der Waals surface area contributed by atoms with Gasteiger partial charge in [-0.25, -0.2) is 0 Å². The average Bonchev–Trinajstić information content (AvgIpc) is 2.97. The zero-order valence-corrected chi connectivity index (χ0v) is 12.5. The molecule has 1 aromatic rings. The second-order valence-corrected chi connectivity index (χ2v) is 5.73. The van der Waals surface area contributed by atoms with E-state index in [4.69, 9.17) is 0 Å². The highest BCUT2D eigenvalue weighted by atomic mass is 15.3. The Morgan fingerprint density at radius 2 is 2.21 bits per heavy atom. The van der Waals surface area contributed by atoms with Crippen LogP contribution in [0.3, 0.4) is 0 Å². The number of piperazine rings is 1. The van der Waals surface area contributed by atoms with Crippen molar-refractivity contribution in [2.24, 2.45) is 5.92 Å². The van der Waals surface area contributed by atoms with Gasteiger partial charge in [-0.3, -0.25) is 9.58 Å². The maximum absolute atomic E-state index is 4.30. The van der Waals surface area contributed by atoms with E-state index in [1.807, 2.05) is 16.9 Å². The molecule has 0 amide bonds. The first-order valence-corrected chi connectivity index (χ1v) is 7.69. The van der Waals surface area contributed by atoms with Crippen LogP contribution in [0.25, 0.3) is 0 Å². The smallest absolute Gasteiger partial charge is 0.0536 e. The van der Waals surface area contributed by atoms with E-state index in [1.165, 1.54) is 19.4 Å². The van der Waals surface area contributed by atoms with Crippen molar-refractivity contribution in [3.05, 3.63) is 18.5 Å². The molecule has 108 valence electrons. The third-order valence-corrected chi connectivity index (χ3v) is 4.54. The van der Waals surface area contributed by atoms with Crippen molar-refractivity contribution in [3.63, 3.8) is 0 Å². The molecule has 0 saturated carbocycles. The minimum Gasteiger partial charge on any atom is -0.311 e. The van der Waals surface area contributed by atoms with E-state index in [0.717, 1.165) is 25.6 Å². The van der Waals surface area contributed by atoms with Crippen molar-refractivity contribution in [2.45, 2.75) is 52.2 Å².